The van der Waals surface area contributed by atoms with Crippen molar-refractivity contribution in [1.29, 1.82) is 0 Å². The van der Waals surface area contributed by atoms with Gasteiger partial charge in [0.2, 0.25) is 0 Å². The van der Waals surface area contributed by atoms with Gasteiger partial charge in [-0.25, -0.2) is 0 Å². The molecule has 1 aromatic heterocycles. The molecule has 0 bridgehead atoms. The van der Waals surface area contributed by atoms with Gasteiger partial charge in [-0.15, -0.1) is 11.3 Å². The van der Waals surface area contributed by atoms with Gasteiger partial charge in [-0.2, -0.15) is 0 Å². The standard InChI is InChI=1S/C10H15NOS/c1-10(2,11)9-7-4-6-13-8(7)3-5-12-9/h4,6,9H,3,5,11H2,1-2H3. The highest BCUT2D eigenvalue weighted by atomic mass is 32.1. The highest BCUT2D eigenvalue weighted by Gasteiger charge is 2.32. The van der Waals surface area contributed by atoms with Crippen LogP contribution in [0.3, 0.4) is 0 Å². The molecule has 72 valence electrons. The molecule has 2 nitrogen and oxygen atoms in total. The van der Waals surface area contributed by atoms with Crippen LogP contribution in [-0.2, 0) is 11.2 Å². The maximum Gasteiger partial charge on any atom is 0.101 e. The average Bonchev–Trinajstić information content (AvgIpc) is 2.48. The number of thiophene rings is 1. The third-order valence-corrected chi connectivity index (χ3v) is 3.35. The molecule has 0 saturated carbocycles. The highest BCUT2D eigenvalue weighted by molar-refractivity contribution is 7.10. The Morgan fingerprint density at radius 3 is 3.08 bits per heavy atom. The Hall–Kier alpha value is -0.380. The summed E-state index contributed by atoms with van der Waals surface area (Å²) in [5.74, 6) is 0. The van der Waals surface area contributed by atoms with Crippen LogP contribution in [0.2, 0.25) is 0 Å². The molecule has 1 aliphatic rings. The fraction of sp³-hybridized carbons (Fsp3) is 0.600. The van der Waals surface area contributed by atoms with Gasteiger partial charge in [-0.1, -0.05) is 0 Å². The molecule has 13 heavy (non-hydrogen) atoms. The van der Waals surface area contributed by atoms with Crippen LogP contribution in [0.15, 0.2) is 11.4 Å². The summed E-state index contributed by atoms with van der Waals surface area (Å²) in [6.45, 7) is 4.84. The van der Waals surface area contributed by atoms with Crippen LogP contribution in [-0.4, -0.2) is 12.1 Å². The van der Waals surface area contributed by atoms with Gasteiger partial charge in [0.05, 0.1) is 6.61 Å². The number of hydrogen-bond donors (Lipinski definition) is 1. The molecule has 0 spiro atoms. The SMILES string of the molecule is CC(C)(N)C1OCCc2sccc21. The highest BCUT2D eigenvalue weighted by Crippen LogP contribution is 2.36. The zero-order chi connectivity index (χ0) is 9.47. The maximum atomic E-state index is 6.06. The third-order valence-electron chi connectivity index (χ3n) is 2.35. The molecule has 1 unspecified atom stereocenters. The Kier molecular flexibility index (Phi) is 2.18. The number of hydrogen-bond acceptors (Lipinski definition) is 3. The van der Waals surface area contributed by atoms with Gasteiger partial charge in [-0.05, 0) is 30.9 Å². The molecule has 1 aromatic rings. The lowest BCUT2D eigenvalue weighted by Crippen LogP contribution is -2.42. The molecular formula is C10H15NOS. The Morgan fingerprint density at radius 2 is 2.38 bits per heavy atom. The normalized spacial score (nSPS) is 22.8. The van der Waals surface area contributed by atoms with Crippen LogP contribution in [0.4, 0.5) is 0 Å². The third kappa shape index (κ3) is 1.64. The van der Waals surface area contributed by atoms with Gasteiger partial charge in [0.15, 0.2) is 0 Å². The van der Waals surface area contributed by atoms with E-state index in [9.17, 15) is 0 Å². The molecule has 0 fully saturated rings. The van der Waals surface area contributed by atoms with Crippen LogP contribution in [0.5, 0.6) is 0 Å². The summed E-state index contributed by atoms with van der Waals surface area (Å²) in [5.41, 5.74) is 7.08. The van der Waals surface area contributed by atoms with Gasteiger partial charge in [0.25, 0.3) is 0 Å². The summed E-state index contributed by atoms with van der Waals surface area (Å²) in [5, 5.41) is 2.12. The molecule has 0 saturated heterocycles. The number of fused-ring (bicyclic) bond motifs is 1. The van der Waals surface area contributed by atoms with E-state index < -0.39 is 0 Å². The molecule has 0 aliphatic carbocycles. The lowest BCUT2D eigenvalue weighted by Gasteiger charge is -2.33. The predicted octanol–water partition coefficient (Wildman–Crippen LogP) is 2.10. The van der Waals surface area contributed by atoms with Crippen LogP contribution in [0.25, 0.3) is 0 Å². The van der Waals surface area contributed by atoms with Crippen molar-refractivity contribution < 1.29 is 4.74 Å². The molecule has 2 rings (SSSR count). The first-order valence-corrected chi connectivity index (χ1v) is 5.44. The predicted molar refractivity (Wildman–Crippen MR) is 55.0 cm³/mol. The van der Waals surface area contributed by atoms with Crippen molar-refractivity contribution in [3.8, 4) is 0 Å². The second-order valence-electron chi connectivity index (χ2n) is 4.12. The molecule has 0 radical (unpaired) electrons. The topological polar surface area (TPSA) is 35.2 Å². The quantitative estimate of drug-likeness (QED) is 0.748. The number of rotatable bonds is 1. The van der Waals surface area contributed by atoms with Gasteiger partial charge in [0, 0.05) is 16.8 Å². The van der Waals surface area contributed by atoms with Gasteiger partial charge in [-0.3, -0.25) is 0 Å². The van der Waals surface area contributed by atoms with Gasteiger partial charge in [0.1, 0.15) is 6.10 Å². The van der Waals surface area contributed by atoms with Crippen molar-refractivity contribution in [2.24, 2.45) is 5.73 Å². The molecule has 1 atom stereocenters. The molecule has 2 heterocycles. The number of ether oxygens (including phenoxy) is 1. The van der Waals surface area contributed by atoms with Crippen LogP contribution in [0, 0.1) is 0 Å². The molecular weight excluding hydrogens is 182 g/mol. The van der Waals surface area contributed by atoms with Crippen LogP contribution >= 0.6 is 11.3 Å². The minimum atomic E-state index is -0.282. The van der Waals surface area contributed by atoms with Crippen molar-refractivity contribution in [2.75, 3.05) is 6.61 Å². The van der Waals surface area contributed by atoms with E-state index in [1.807, 2.05) is 25.2 Å². The molecule has 0 aromatic carbocycles. The number of nitrogens with two attached hydrogens (primary N) is 1. The first kappa shape index (κ1) is 9.19. The van der Waals surface area contributed by atoms with E-state index >= 15 is 0 Å². The Labute approximate surface area is 82.7 Å². The Bertz CT molecular complexity index is 300. The summed E-state index contributed by atoms with van der Waals surface area (Å²) >= 11 is 1.81. The summed E-state index contributed by atoms with van der Waals surface area (Å²) in [7, 11) is 0. The molecule has 0 amide bonds. The van der Waals surface area contributed by atoms with E-state index in [1.54, 1.807) is 0 Å². The molecule has 2 N–H and O–H groups in total. The van der Waals surface area contributed by atoms with Crippen LogP contribution < -0.4 is 5.73 Å². The fourth-order valence-electron chi connectivity index (χ4n) is 1.76. The summed E-state index contributed by atoms with van der Waals surface area (Å²) < 4.78 is 5.71. The van der Waals surface area contributed by atoms with Crippen molar-refractivity contribution in [1.82, 2.24) is 0 Å². The van der Waals surface area contributed by atoms with Crippen molar-refractivity contribution in [3.05, 3.63) is 21.9 Å². The van der Waals surface area contributed by atoms with E-state index in [0.29, 0.717) is 0 Å². The monoisotopic (exact) mass is 197 g/mol. The van der Waals surface area contributed by atoms with E-state index in [1.165, 1.54) is 10.4 Å². The Morgan fingerprint density at radius 1 is 1.62 bits per heavy atom. The van der Waals surface area contributed by atoms with E-state index in [-0.39, 0.29) is 11.6 Å². The smallest absolute Gasteiger partial charge is 0.101 e. The fourth-order valence-corrected chi connectivity index (χ4v) is 2.65. The van der Waals surface area contributed by atoms with Crippen molar-refractivity contribution in [2.45, 2.75) is 31.9 Å². The van der Waals surface area contributed by atoms with Gasteiger partial charge >= 0.3 is 0 Å². The first-order chi connectivity index (χ1) is 6.09. The molecule has 3 heteroatoms. The second-order valence-corrected chi connectivity index (χ2v) is 5.12. The van der Waals surface area contributed by atoms with Crippen molar-refractivity contribution >= 4 is 11.3 Å². The van der Waals surface area contributed by atoms with Crippen molar-refractivity contribution in [3.63, 3.8) is 0 Å². The van der Waals surface area contributed by atoms with Gasteiger partial charge < -0.3 is 10.5 Å². The lowest BCUT2D eigenvalue weighted by atomic mass is 9.91. The Balaban J connectivity index is 2.35. The first-order valence-electron chi connectivity index (χ1n) is 4.56. The summed E-state index contributed by atoms with van der Waals surface area (Å²) in [4.78, 5) is 1.44. The summed E-state index contributed by atoms with van der Waals surface area (Å²) in [6.07, 6.45) is 1.11. The van der Waals surface area contributed by atoms with Crippen LogP contribution in [0.1, 0.15) is 30.4 Å². The summed E-state index contributed by atoms with van der Waals surface area (Å²) in [6, 6.07) is 2.14. The second kappa shape index (κ2) is 3.08. The minimum absolute atomic E-state index is 0.0718. The zero-order valence-corrected chi connectivity index (χ0v) is 8.86. The lowest BCUT2D eigenvalue weighted by molar-refractivity contribution is 0.000270. The largest absolute Gasteiger partial charge is 0.371 e. The zero-order valence-electron chi connectivity index (χ0n) is 8.04. The van der Waals surface area contributed by atoms with E-state index in [0.717, 1.165) is 13.0 Å². The van der Waals surface area contributed by atoms with E-state index in [4.69, 9.17) is 10.5 Å². The maximum absolute atomic E-state index is 6.06. The minimum Gasteiger partial charge on any atom is -0.371 e. The molecule has 1 aliphatic heterocycles. The van der Waals surface area contributed by atoms with E-state index in [2.05, 4.69) is 11.4 Å². The average molecular weight is 197 g/mol.